The predicted molar refractivity (Wildman–Crippen MR) is 68.1 cm³/mol. The Hall–Kier alpha value is -1.24. The first-order valence-electron chi connectivity index (χ1n) is 5.80. The third-order valence-corrected chi connectivity index (χ3v) is 2.58. The number of hydrogen-bond acceptors (Lipinski definition) is 2. The van der Waals surface area contributed by atoms with Gasteiger partial charge in [0.15, 0.2) is 0 Å². The van der Waals surface area contributed by atoms with Gasteiger partial charge in [0.25, 0.3) is 0 Å². The Bertz CT molecular complexity index is 265. The van der Waals surface area contributed by atoms with Gasteiger partial charge in [0.2, 0.25) is 12.2 Å². The van der Waals surface area contributed by atoms with Crippen LogP contribution in [0.2, 0.25) is 0 Å². The van der Waals surface area contributed by atoms with Gasteiger partial charge in [0, 0.05) is 25.2 Å². The van der Waals surface area contributed by atoms with Gasteiger partial charge < -0.3 is 9.80 Å². The van der Waals surface area contributed by atoms with E-state index in [2.05, 4.69) is 51.4 Å². The lowest BCUT2D eigenvalue weighted by molar-refractivity contribution is 0.239. The number of guanidine groups is 1. The average molecular weight is 224 g/mol. The van der Waals surface area contributed by atoms with E-state index >= 15 is 0 Å². The summed E-state index contributed by atoms with van der Waals surface area (Å²) < 4.78 is 0. The van der Waals surface area contributed by atoms with E-state index in [1.54, 1.807) is 0 Å². The van der Waals surface area contributed by atoms with Crippen molar-refractivity contribution in [1.29, 1.82) is 5.26 Å². The maximum absolute atomic E-state index is 8.79. The zero-order chi connectivity index (χ0) is 12.9. The van der Waals surface area contributed by atoms with E-state index in [-0.39, 0.29) is 0 Å². The van der Waals surface area contributed by atoms with Gasteiger partial charge in [-0.05, 0) is 41.5 Å². The molecule has 4 nitrogen and oxygen atoms in total. The summed E-state index contributed by atoms with van der Waals surface area (Å²) in [7, 11) is 1.97. The molecule has 0 unspecified atom stereocenters. The van der Waals surface area contributed by atoms with Gasteiger partial charge in [-0.15, -0.1) is 4.99 Å². The van der Waals surface area contributed by atoms with Gasteiger partial charge in [-0.25, -0.2) is 0 Å². The van der Waals surface area contributed by atoms with Crippen LogP contribution in [0.5, 0.6) is 0 Å². The smallest absolute Gasteiger partial charge is 0.212 e. The summed E-state index contributed by atoms with van der Waals surface area (Å²) in [6.07, 6.45) is 1.90. The molecule has 4 heteroatoms. The van der Waals surface area contributed by atoms with Crippen LogP contribution in [-0.4, -0.2) is 40.9 Å². The zero-order valence-electron chi connectivity index (χ0n) is 11.5. The largest absolute Gasteiger partial charge is 0.343 e. The summed E-state index contributed by atoms with van der Waals surface area (Å²) in [4.78, 5) is 8.15. The average Bonchev–Trinajstić information content (AvgIpc) is 2.14. The second-order valence-corrected chi connectivity index (χ2v) is 4.81. The van der Waals surface area contributed by atoms with Gasteiger partial charge in [0.1, 0.15) is 0 Å². The standard InChI is InChI=1S/C12H24N4/c1-9(2)15(7)12(14-8-13)16(10(3)4)11(5)6/h9-11H,1-7H3. The number of nitrogens with zero attached hydrogens (tertiary/aromatic N) is 4. The van der Waals surface area contributed by atoms with Crippen molar-refractivity contribution in [2.24, 2.45) is 4.99 Å². The van der Waals surface area contributed by atoms with Crippen molar-refractivity contribution < 1.29 is 0 Å². The molecule has 0 heterocycles. The first-order chi connectivity index (χ1) is 7.32. The van der Waals surface area contributed by atoms with E-state index in [1.807, 2.05) is 18.1 Å². The second kappa shape index (κ2) is 6.37. The highest BCUT2D eigenvalue weighted by Gasteiger charge is 2.22. The molecule has 0 amide bonds. The van der Waals surface area contributed by atoms with E-state index in [9.17, 15) is 0 Å². The molecule has 0 spiro atoms. The molecule has 0 aromatic rings. The maximum Gasteiger partial charge on any atom is 0.212 e. The fraction of sp³-hybridized carbons (Fsp3) is 0.833. The highest BCUT2D eigenvalue weighted by atomic mass is 15.4. The topological polar surface area (TPSA) is 42.6 Å². The van der Waals surface area contributed by atoms with E-state index in [0.717, 1.165) is 5.96 Å². The van der Waals surface area contributed by atoms with Gasteiger partial charge in [-0.1, -0.05) is 0 Å². The minimum absolute atomic E-state index is 0.326. The van der Waals surface area contributed by atoms with Crippen molar-refractivity contribution in [1.82, 2.24) is 9.80 Å². The van der Waals surface area contributed by atoms with Crippen LogP contribution in [0.4, 0.5) is 0 Å². The lowest BCUT2D eigenvalue weighted by Gasteiger charge is -2.38. The number of aliphatic imine (C=N–C) groups is 1. The van der Waals surface area contributed by atoms with Crippen molar-refractivity contribution in [2.45, 2.75) is 59.7 Å². The number of hydrogen-bond donors (Lipinski definition) is 0. The molecule has 0 radical (unpaired) electrons. The van der Waals surface area contributed by atoms with Gasteiger partial charge in [0.05, 0.1) is 0 Å². The van der Waals surface area contributed by atoms with Crippen LogP contribution in [0.3, 0.4) is 0 Å². The number of nitriles is 1. The molecule has 0 bridgehead atoms. The molecule has 0 N–H and O–H groups in total. The van der Waals surface area contributed by atoms with E-state index in [4.69, 9.17) is 5.26 Å². The molecule has 92 valence electrons. The van der Waals surface area contributed by atoms with Gasteiger partial charge in [-0.3, -0.25) is 0 Å². The quantitative estimate of drug-likeness (QED) is 0.419. The van der Waals surface area contributed by atoms with Crippen LogP contribution in [0.15, 0.2) is 4.99 Å². The molecule has 0 saturated carbocycles. The molecule has 0 aromatic heterocycles. The first-order valence-corrected chi connectivity index (χ1v) is 5.80. The summed E-state index contributed by atoms with van der Waals surface area (Å²) in [5, 5.41) is 8.79. The summed E-state index contributed by atoms with van der Waals surface area (Å²) in [6.45, 7) is 12.6. The van der Waals surface area contributed by atoms with Crippen LogP contribution < -0.4 is 0 Å². The van der Waals surface area contributed by atoms with Crippen LogP contribution in [0.1, 0.15) is 41.5 Å². The van der Waals surface area contributed by atoms with Gasteiger partial charge in [-0.2, -0.15) is 5.26 Å². The molecule has 0 aliphatic heterocycles. The minimum atomic E-state index is 0.326. The van der Waals surface area contributed by atoms with Crippen LogP contribution in [0, 0.1) is 11.5 Å². The molecular formula is C12H24N4. The molecule has 0 atom stereocenters. The van der Waals surface area contributed by atoms with Crippen LogP contribution in [0.25, 0.3) is 0 Å². The first kappa shape index (κ1) is 14.8. The Morgan fingerprint density at radius 3 is 1.69 bits per heavy atom. The minimum Gasteiger partial charge on any atom is -0.343 e. The summed E-state index contributed by atoms with van der Waals surface area (Å²) in [5.41, 5.74) is 0. The Labute approximate surface area is 99.6 Å². The van der Waals surface area contributed by atoms with E-state index in [1.165, 1.54) is 0 Å². The maximum atomic E-state index is 8.79. The lowest BCUT2D eigenvalue weighted by atomic mass is 10.2. The molecule has 0 aromatic carbocycles. The molecule has 0 fully saturated rings. The molecular weight excluding hydrogens is 200 g/mol. The number of rotatable bonds is 3. The third-order valence-electron chi connectivity index (χ3n) is 2.58. The van der Waals surface area contributed by atoms with Crippen LogP contribution in [-0.2, 0) is 0 Å². The Morgan fingerprint density at radius 2 is 1.44 bits per heavy atom. The van der Waals surface area contributed by atoms with Crippen LogP contribution >= 0.6 is 0 Å². The fourth-order valence-corrected chi connectivity index (χ4v) is 1.65. The van der Waals surface area contributed by atoms with Crippen molar-refractivity contribution in [2.75, 3.05) is 7.05 Å². The van der Waals surface area contributed by atoms with Gasteiger partial charge >= 0.3 is 0 Å². The highest BCUT2D eigenvalue weighted by molar-refractivity contribution is 5.81. The summed E-state index contributed by atoms with van der Waals surface area (Å²) >= 11 is 0. The zero-order valence-corrected chi connectivity index (χ0v) is 11.5. The summed E-state index contributed by atoms with van der Waals surface area (Å²) in [5.74, 6) is 0.752. The van der Waals surface area contributed by atoms with Crippen molar-refractivity contribution in [3.05, 3.63) is 0 Å². The Kier molecular flexibility index (Phi) is 5.87. The molecule has 0 saturated heterocycles. The molecule has 0 aliphatic rings. The van der Waals surface area contributed by atoms with Crippen molar-refractivity contribution in [3.8, 4) is 6.19 Å². The van der Waals surface area contributed by atoms with Crippen molar-refractivity contribution in [3.63, 3.8) is 0 Å². The highest BCUT2D eigenvalue weighted by Crippen LogP contribution is 2.11. The lowest BCUT2D eigenvalue weighted by Crippen LogP contribution is -2.51. The Morgan fingerprint density at radius 1 is 1.00 bits per heavy atom. The monoisotopic (exact) mass is 224 g/mol. The molecule has 0 rings (SSSR count). The van der Waals surface area contributed by atoms with Crippen molar-refractivity contribution >= 4 is 5.96 Å². The second-order valence-electron chi connectivity index (χ2n) is 4.81. The Balaban J connectivity index is 5.19. The third kappa shape index (κ3) is 3.73. The normalized spacial score (nSPS) is 12.2. The van der Waals surface area contributed by atoms with E-state index in [0.29, 0.717) is 18.1 Å². The molecule has 0 aliphatic carbocycles. The molecule has 16 heavy (non-hydrogen) atoms. The van der Waals surface area contributed by atoms with E-state index < -0.39 is 0 Å². The summed E-state index contributed by atoms with van der Waals surface area (Å²) in [6, 6.07) is 0.980. The fourth-order valence-electron chi connectivity index (χ4n) is 1.65. The SMILES string of the molecule is CC(C)N(C)C(=NC#N)N(C(C)C)C(C)C. The predicted octanol–water partition coefficient (Wildman–Crippen LogP) is 2.28.